The highest BCUT2D eigenvalue weighted by molar-refractivity contribution is 5.39. The standard InChI is InChI=1S/C14H17N3/c1-11(2)13-5-7-16-14(8-13)17-10-12-4-3-6-15-9-12/h3-9,11H,10H2,1-2H3,(H,16,17). The second-order valence-electron chi connectivity index (χ2n) is 4.34. The maximum absolute atomic E-state index is 4.31. The van der Waals surface area contributed by atoms with E-state index in [1.165, 1.54) is 5.56 Å². The molecule has 0 aliphatic rings. The molecule has 2 aromatic rings. The lowest BCUT2D eigenvalue weighted by Gasteiger charge is -2.09. The predicted molar refractivity (Wildman–Crippen MR) is 69.9 cm³/mol. The minimum absolute atomic E-state index is 0.525. The summed E-state index contributed by atoms with van der Waals surface area (Å²) in [6.07, 6.45) is 5.49. The number of pyridine rings is 2. The molecule has 1 N–H and O–H groups in total. The van der Waals surface area contributed by atoms with Gasteiger partial charge in [0.05, 0.1) is 0 Å². The van der Waals surface area contributed by atoms with Crippen LogP contribution in [0.15, 0.2) is 42.9 Å². The van der Waals surface area contributed by atoms with E-state index in [0.29, 0.717) is 5.92 Å². The summed E-state index contributed by atoms with van der Waals surface area (Å²) in [5.74, 6) is 1.44. The van der Waals surface area contributed by atoms with Crippen molar-refractivity contribution in [2.45, 2.75) is 26.3 Å². The van der Waals surface area contributed by atoms with Crippen LogP contribution in [0.3, 0.4) is 0 Å². The highest BCUT2D eigenvalue weighted by Gasteiger charge is 2.01. The van der Waals surface area contributed by atoms with Gasteiger partial charge in [-0.25, -0.2) is 4.98 Å². The summed E-state index contributed by atoms with van der Waals surface area (Å²) in [6, 6.07) is 8.14. The Hall–Kier alpha value is -1.90. The maximum Gasteiger partial charge on any atom is 0.126 e. The van der Waals surface area contributed by atoms with E-state index in [1.807, 2.05) is 24.5 Å². The van der Waals surface area contributed by atoms with Crippen molar-refractivity contribution >= 4 is 5.82 Å². The van der Waals surface area contributed by atoms with Gasteiger partial charge in [0.25, 0.3) is 0 Å². The summed E-state index contributed by atoms with van der Waals surface area (Å²) in [6.45, 7) is 5.11. The summed E-state index contributed by atoms with van der Waals surface area (Å²) in [5.41, 5.74) is 2.46. The fraction of sp³-hybridized carbons (Fsp3) is 0.286. The summed E-state index contributed by atoms with van der Waals surface area (Å²) in [5, 5.41) is 3.31. The van der Waals surface area contributed by atoms with Gasteiger partial charge in [0.15, 0.2) is 0 Å². The molecule has 17 heavy (non-hydrogen) atoms. The molecule has 0 unspecified atom stereocenters. The molecular weight excluding hydrogens is 210 g/mol. The lowest BCUT2D eigenvalue weighted by Crippen LogP contribution is -2.02. The van der Waals surface area contributed by atoms with Gasteiger partial charge in [-0.1, -0.05) is 19.9 Å². The molecule has 88 valence electrons. The molecule has 2 rings (SSSR count). The number of anilines is 1. The fourth-order valence-corrected chi connectivity index (χ4v) is 1.60. The molecule has 0 amide bonds. The first kappa shape index (κ1) is 11.6. The van der Waals surface area contributed by atoms with E-state index in [1.54, 1.807) is 6.20 Å². The molecule has 0 spiro atoms. The fourth-order valence-electron chi connectivity index (χ4n) is 1.60. The van der Waals surface area contributed by atoms with Gasteiger partial charge < -0.3 is 5.32 Å². The Balaban J connectivity index is 2.02. The highest BCUT2D eigenvalue weighted by atomic mass is 15.0. The molecule has 3 nitrogen and oxygen atoms in total. The zero-order chi connectivity index (χ0) is 12.1. The van der Waals surface area contributed by atoms with Crippen LogP contribution in [0.2, 0.25) is 0 Å². The Morgan fingerprint density at radius 1 is 1.24 bits per heavy atom. The average Bonchev–Trinajstić information content (AvgIpc) is 2.38. The van der Waals surface area contributed by atoms with E-state index in [2.05, 4.69) is 41.3 Å². The summed E-state index contributed by atoms with van der Waals surface area (Å²) < 4.78 is 0. The van der Waals surface area contributed by atoms with Crippen LogP contribution in [0.4, 0.5) is 5.82 Å². The second-order valence-corrected chi connectivity index (χ2v) is 4.34. The molecule has 0 atom stereocenters. The molecule has 0 aliphatic heterocycles. The van der Waals surface area contributed by atoms with Crippen molar-refractivity contribution < 1.29 is 0 Å². The minimum atomic E-state index is 0.525. The maximum atomic E-state index is 4.31. The third-order valence-corrected chi connectivity index (χ3v) is 2.65. The quantitative estimate of drug-likeness (QED) is 0.871. The predicted octanol–water partition coefficient (Wildman–Crippen LogP) is 3.21. The van der Waals surface area contributed by atoms with Crippen molar-refractivity contribution in [3.63, 3.8) is 0 Å². The normalized spacial score (nSPS) is 10.5. The Bertz CT molecular complexity index is 466. The van der Waals surface area contributed by atoms with Gasteiger partial charge in [0.2, 0.25) is 0 Å². The molecular formula is C14H17N3. The molecule has 0 radical (unpaired) electrons. The molecule has 2 heterocycles. The largest absolute Gasteiger partial charge is 0.366 e. The Labute approximate surface area is 102 Å². The SMILES string of the molecule is CC(C)c1ccnc(NCc2cccnc2)c1. The van der Waals surface area contributed by atoms with E-state index >= 15 is 0 Å². The van der Waals surface area contributed by atoms with Gasteiger partial charge in [0.1, 0.15) is 5.82 Å². The number of rotatable bonds is 4. The molecule has 0 saturated carbocycles. The summed E-state index contributed by atoms with van der Waals surface area (Å²) in [7, 11) is 0. The molecule has 0 fully saturated rings. The summed E-state index contributed by atoms with van der Waals surface area (Å²) >= 11 is 0. The molecule has 2 aromatic heterocycles. The first-order valence-corrected chi connectivity index (χ1v) is 5.84. The highest BCUT2D eigenvalue weighted by Crippen LogP contribution is 2.16. The molecule has 0 aromatic carbocycles. The lowest BCUT2D eigenvalue weighted by atomic mass is 10.1. The smallest absolute Gasteiger partial charge is 0.126 e. The third-order valence-electron chi connectivity index (χ3n) is 2.65. The van der Waals surface area contributed by atoms with Crippen molar-refractivity contribution in [1.29, 1.82) is 0 Å². The second kappa shape index (κ2) is 5.43. The number of hydrogen-bond donors (Lipinski definition) is 1. The summed E-state index contributed by atoms with van der Waals surface area (Å²) in [4.78, 5) is 8.39. The van der Waals surface area contributed by atoms with Crippen LogP contribution in [0, 0.1) is 0 Å². The van der Waals surface area contributed by atoms with Crippen LogP contribution >= 0.6 is 0 Å². The van der Waals surface area contributed by atoms with E-state index in [-0.39, 0.29) is 0 Å². The zero-order valence-electron chi connectivity index (χ0n) is 10.2. The minimum Gasteiger partial charge on any atom is -0.366 e. The van der Waals surface area contributed by atoms with Gasteiger partial charge in [-0.2, -0.15) is 0 Å². The van der Waals surface area contributed by atoms with E-state index in [4.69, 9.17) is 0 Å². The first-order chi connectivity index (χ1) is 8.25. The monoisotopic (exact) mass is 227 g/mol. The Morgan fingerprint density at radius 2 is 2.12 bits per heavy atom. The topological polar surface area (TPSA) is 37.8 Å². The molecule has 3 heteroatoms. The Kier molecular flexibility index (Phi) is 3.70. The zero-order valence-corrected chi connectivity index (χ0v) is 10.2. The van der Waals surface area contributed by atoms with Gasteiger partial charge >= 0.3 is 0 Å². The number of hydrogen-bond acceptors (Lipinski definition) is 3. The van der Waals surface area contributed by atoms with Crippen LogP contribution in [0.5, 0.6) is 0 Å². The van der Waals surface area contributed by atoms with Crippen molar-refractivity contribution in [3.05, 3.63) is 54.0 Å². The number of aromatic nitrogens is 2. The lowest BCUT2D eigenvalue weighted by molar-refractivity contribution is 0.862. The van der Waals surface area contributed by atoms with Crippen molar-refractivity contribution in [3.8, 4) is 0 Å². The van der Waals surface area contributed by atoms with Crippen molar-refractivity contribution in [1.82, 2.24) is 9.97 Å². The third kappa shape index (κ3) is 3.28. The van der Waals surface area contributed by atoms with E-state index in [9.17, 15) is 0 Å². The van der Waals surface area contributed by atoms with Crippen LogP contribution < -0.4 is 5.32 Å². The molecule has 0 aliphatic carbocycles. The number of nitrogens with zero attached hydrogens (tertiary/aromatic N) is 2. The van der Waals surface area contributed by atoms with Crippen molar-refractivity contribution in [2.24, 2.45) is 0 Å². The molecule has 0 bridgehead atoms. The van der Waals surface area contributed by atoms with Crippen LogP contribution in [0.25, 0.3) is 0 Å². The van der Waals surface area contributed by atoms with Gasteiger partial charge in [-0.05, 0) is 35.2 Å². The van der Waals surface area contributed by atoms with Gasteiger partial charge in [0, 0.05) is 25.1 Å². The Morgan fingerprint density at radius 3 is 2.82 bits per heavy atom. The molecule has 0 saturated heterocycles. The van der Waals surface area contributed by atoms with Crippen molar-refractivity contribution in [2.75, 3.05) is 5.32 Å². The average molecular weight is 227 g/mol. The van der Waals surface area contributed by atoms with Crippen LogP contribution in [0.1, 0.15) is 30.9 Å². The van der Waals surface area contributed by atoms with E-state index < -0.39 is 0 Å². The van der Waals surface area contributed by atoms with E-state index in [0.717, 1.165) is 17.9 Å². The van der Waals surface area contributed by atoms with Gasteiger partial charge in [-0.3, -0.25) is 4.98 Å². The van der Waals surface area contributed by atoms with Crippen LogP contribution in [-0.2, 0) is 6.54 Å². The van der Waals surface area contributed by atoms with Crippen LogP contribution in [-0.4, -0.2) is 9.97 Å². The van der Waals surface area contributed by atoms with Gasteiger partial charge in [-0.15, -0.1) is 0 Å². The number of nitrogens with one attached hydrogen (secondary N) is 1. The first-order valence-electron chi connectivity index (χ1n) is 5.84.